The van der Waals surface area contributed by atoms with Gasteiger partial charge < -0.3 is 15.0 Å². The van der Waals surface area contributed by atoms with E-state index in [0.717, 1.165) is 17.0 Å². The van der Waals surface area contributed by atoms with Gasteiger partial charge in [-0.2, -0.15) is 5.26 Å². The maximum absolute atomic E-state index is 12.8. The van der Waals surface area contributed by atoms with Crippen LogP contribution < -0.4 is 10.1 Å². The van der Waals surface area contributed by atoms with Gasteiger partial charge in [-0.25, -0.2) is 0 Å². The lowest BCUT2D eigenvalue weighted by Gasteiger charge is -2.26. The fourth-order valence-corrected chi connectivity index (χ4v) is 2.41. The number of hydrogen-bond donors (Lipinski definition) is 1. The second-order valence-corrected chi connectivity index (χ2v) is 6.06. The quantitative estimate of drug-likeness (QED) is 0.607. The van der Waals surface area contributed by atoms with E-state index in [9.17, 15) is 10.1 Å². The zero-order valence-electron chi connectivity index (χ0n) is 15.3. The van der Waals surface area contributed by atoms with Crippen LogP contribution in [0.5, 0.6) is 5.75 Å². The Morgan fingerprint density at radius 3 is 2.38 bits per heavy atom. The third kappa shape index (κ3) is 5.12. The van der Waals surface area contributed by atoms with Gasteiger partial charge in [-0.3, -0.25) is 4.79 Å². The molecule has 0 aliphatic carbocycles. The molecule has 2 rings (SSSR count). The average Bonchev–Trinajstić information content (AvgIpc) is 2.67. The minimum Gasteiger partial charge on any atom is -0.497 e. The van der Waals surface area contributed by atoms with Crippen molar-refractivity contribution >= 4 is 11.6 Å². The van der Waals surface area contributed by atoms with Crippen LogP contribution in [0.2, 0.25) is 0 Å². The van der Waals surface area contributed by atoms with Crippen molar-refractivity contribution in [3.05, 3.63) is 71.9 Å². The van der Waals surface area contributed by atoms with E-state index < -0.39 is 0 Å². The number of amides is 1. The van der Waals surface area contributed by atoms with Crippen molar-refractivity contribution in [3.63, 3.8) is 0 Å². The number of carbonyl (C=O) groups is 1. The average molecular weight is 349 g/mol. The van der Waals surface area contributed by atoms with Crippen molar-refractivity contribution in [1.29, 1.82) is 5.26 Å². The Kier molecular flexibility index (Phi) is 6.81. The molecule has 5 heteroatoms. The van der Waals surface area contributed by atoms with Crippen LogP contribution >= 0.6 is 0 Å². The highest BCUT2D eigenvalue weighted by Crippen LogP contribution is 2.16. The summed E-state index contributed by atoms with van der Waals surface area (Å²) < 4.78 is 5.11. The van der Waals surface area contributed by atoms with Crippen LogP contribution in [0.15, 0.2) is 66.4 Å². The maximum atomic E-state index is 12.8. The number of benzene rings is 2. The zero-order chi connectivity index (χ0) is 18.9. The van der Waals surface area contributed by atoms with E-state index in [-0.39, 0.29) is 17.5 Å². The molecular formula is C21H23N3O2. The lowest BCUT2D eigenvalue weighted by atomic mass is 10.1. The van der Waals surface area contributed by atoms with Crippen LogP contribution in [0, 0.1) is 11.3 Å². The Morgan fingerprint density at radius 2 is 1.85 bits per heavy atom. The summed E-state index contributed by atoms with van der Waals surface area (Å²) >= 11 is 0. The molecule has 5 nitrogen and oxygen atoms in total. The highest BCUT2D eigenvalue weighted by Gasteiger charge is 2.21. The first-order valence-electron chi connectivity index (χ1n) is 8.41. The maximum Gasteiger partial charge on any atom is 0.266 e. The highest BCUT2D eigenvalue weighted by atomic mass is 16.5. The third-order valence-corrected chi connectivity index (χ3v) is 3.90. The molecule has 0 radical (unpaired) electrons. The Bertz CT molecular complexity index is 790. The molecule has 0 aliphatic heterocycles. The molecule has 0 atom stereocenters. The number of nitrogens with zero attached hydrogens (tertiary/aromatic N) is 2. The summed E-state index contributed by atoms with van der Waals surface area (Å²) in [6.07, 6.45) is 1.45. The van der Waals surface area contributed by atoms with Crippen molar-refractivity contribution in [1.82, 2.24) is 4.90 Å². The zero-order valence-corrected chi connectivity index (χ0v) is 15.3. The van der Waals surface area contributed by atoms with E-state index in [1.807, 2.05) is 62.4 Å². The standard InChI is InChI=1S/C21H23N3O2/c1-16(2)24(15-17-7-5-4-6-8-17)21(25)18(13-22)14-23-19-9-11-20(26-3)12-10-19/h4-12,14,16,23H,15H2,1-3H3/b18-14-. The Hall–Kier alpha value is -3.26. The van der Waals surface area contributed by atoms with Crippen LogP contribution in [0.4, 0.5) is 5.69 Å². The molecule has 26 heavy (non-hydrogen) atoms. The number of nitrogens with one attached hydrogen (secondary N) is 1. The number of methoxy groups -OCH3 is 1. The number of ether oxygens (including phenoxy) is 1. The number of hydrogen-bond acceptors (Lipinski definition) is 4. The molecule has 0 aromatic heterocycles. The number of carbonyl (C=O) groups excluding carboxylic acids is 1. The lowest BCUT2D eigenvalue weighted by Crippen LogP contribution is -2.37. The van der Waals surface area contributed by atoms with Crippen molar-refractivity contribution < 1.29 is 9.53 Å². The van der Waals surface area contributed by atoms with Crippen LogP contribution in [0.1, 0.15) is 19.4 Å². The minimum atomic E-state index is -0.299. The summed E-state index contributed by atoms with van der Waals surface area (Å²) in [5.74, 6) is 0.442. The molecule has 0 heterocycles. The number of rotatable bonds is 7. The fraction of sp³-hybridized carbons (Fsp3) is 0.238. The molecule has 2 aromatic rings. The first kappa shape index (κ1) is 19.1. The molecular weight excluding hydrogens is 326 g/mol. The van der Waals surface area contributed by atoms with Gasteiger partial charge in [-0.1, -0.05) is 30.3 Å². The largest absolute Gasteiger partial charge is 0.497 e. The van der Waals surface area contributed by atoms with E-state index in [1.165, 1.54) is 6.20 Å². The fourth-order valence-electron chi connectivity index (χ4n) is 2.41. The van der Waals surface area contributed by atoms with Crippen LogP contribution in [-0.2, 0) is 11.3 Å². The first-order valence-corrected chi connectivity index (χ1v) is 8.41. The van der Waals surface area contributed by atoms with Gasteiger partial charge in [0, 0.05) is 24.5 Å². The van der Waals surface area contributed by atoms with E-state index in [2.05, 4.69) is 5.32 Å². The highest BCUT2D eigenvalue weighted by molar-refractivity contribution is 5.97. The molecule has 0 saturated heterocycles. The second-order valence-electron chi connectivity index (χ2n) is 6.06. The van der Waals surface area contributed by atoms with Crippen LogP contribution in [0.3, 0.4) is 0 Å². The molecule has 0 bridgehead atoms. The van der Waals surface area contributed by atoms with Gasteiger partial charge in [0.15, 0.2) is 0 Å². The number of nitriles is 1. The summed E-state index contributed by atoms with van der Waals surface area (Å²) in [6.45, 7) is 4.33. The molecule has 0 saturated carbocycles. The number of anilines is 1. The van der Waals surface area contributed by atoms with Gasteiger partial charge in [0.05, 0.1) is 7.11 Å². The Labute approximate surface area is 154 Å². The monoisotopic (exact) mass is 349 g/mol. The van der Waals surface area contributed by atoms with Gasteiger partial charge in [-0.05, 0) is 43.7 Å². The summed E-state index contributed by atoms with van der Waals surface area (Å²) in [7, 11) is 1.60. The van der Waals surface area contributed by atoms with Gasteiger partial charge in [0.25, 0.3) is 5.91 Å². The summed E-state index contributed by atoms with van der Waals surface area (Å²) in [4.78, 5) is 14.5. The molecule has 0 spiro atoms. The summed E-state index contributed by atoms with van der Waals surface area (Å²) in [5.41, 5.74) is 1.85. The lowest BCUT2D eigenvalue weighted by molar-refractivity contribution is -0.129. The Balaban J connectivity index is 2.14. The smallest absolute Gasteiger partial charge is 0.266 e. The third-order valence-electron chi connectivity index (χ3n) is 3.90. The summed E-state index contributed by atoms with van der Waals surface area (Å²) in [6, 6.07) is 19.0. The molecule has 1 N–H and O–H groups in total. The van der Waals surface area contributed by atoms with Crippen LogP contribution in [0.25, 0.3) is 0 Å². The predicted octanol–water partition coefficient (Wildman–Crippen LogP) is 3.95. The van der Waals surface area contributed by atoms with Gasteiger partial charge >= 0.3 is 0 Å². The first-order chi connectivity index (χ1) is 12.5. The molecule has 0 fully saturated rings. The van der Waals surface area contributed by atoms with Crippen molar-refractivity contribution in [2.75, 3.05) is 12.4 Å². The molecule has 1 amide bonds. The Morgan fingerprint density at radius 1 is 1.19 bits per heavy atom. The van der Waals surface area contributed by atoms with Gasteiger partial charge in [0.1, 0.15) is 17.4 Å². The van der Waals surface area contributed by atoms with Crippen molar-refractivity contribution in [2.45, 2.75) is 26.4 Å². The van der Waals surface area contributed by atoms with Crippen molar-refractivity contribution in [3.8, 4) is 11.8 Å². The van der Waals surface area contributed by atoms with E-state index in [1.54, 1.807) is 24.1 Å². The van der Waals surface area contributed by atoms with Gasteiger partial charge in [-0.15, -0.1) is 0 Å². The second kappa shape index (κ2) is 9.28. The minimum absolute atomic E-state index is 0.0274. The van der Waals surface area contributed by atoms with Crippen molar-refractivity contribution in [2.24, 2.45) is 0 Å². The normalized spacial score (nSPS) is 11.0. The van der Waals surface area contributed by atoms with E-state index in [4.69, 9.17) is 4.74 Å². The summed E-state index contributed by atoms with van der Waals surface area (Å²) in [5, 5.41) is 12.4. The molecule has 0 unspecified atom stereocenters. The van der Waals surface area contributed by atoms with Gasteiger partial charge in [0.2, 0.25) is 0 Å². The van der Waals surface area contributed by atoms with E-state index >= 15 is 0 Å². The molecule has 0 aliphatic rings. The SMILES string of the molecule is COc1ccc(N/C=C(/C#N)C(=O)N(Cc2ccccc2)C(C)C)cc1. The van der Waals surface area contributed by atoms with Crippen LogP contribution in [-0.4, -0.2) is 24.0 Å². The predicted molar refractivity (Wildman–Crippen MR) is 102 cm³/mol. The molecule has 2 aromatic carbocycles. The topological polar surface area (TPSA) is 65.4 Å². The van der Waals surface area contributed by atoms with E-state index in [0.29, 0.717) is 6.54 Å². The molecule has 134 valence electrons.